The molecule has 0 saturated carbocycles. The first-order chi connectivity index (χ1) is 8.90. The van der Waals surface area contributed by atoms with Crippen LogP contribution in [0.1, 0.15) is 19.8 Å². The Kier molecular flexibility index (Phi) is 5.31. The summed E-state index contributed by atoms with van der Waals surface area (Å²) in [5, 5.41) is 8.96. The van der Waals surface area contributed by atoms with E-state index in [4.69, 9.17) is 9.84 Å². The second-order valence-corrected chi connectivity index (χ2v) is 5.69. The van der Waals surface area contributed by atoms with Crippen molar-refractivity contribution in [1.82, 2.24) is 4.72 Å². The maximum absolute atomic E-state index is 12.1. The maximum atomic E-state index is 12.1. The summed E-state index contributed by atoms with van der Waals surface area (Å²) in [5.74, 6) is -0.793. The van der Waals surface area contributed by atoms with Gasteiger partial charge in [0.15, 0.2) is 0 Å². The molecule has 0 aliphatic heterocycles. The van der Waals surface area contributed by atoms with Crippen LogP contribution in [0, 0.1) is 0 Å². The Morgan fingerprint density at radius 1 is 1.47 bits per heavy atom. The SMILES string of the molecule is CCC[C@H](NS(=O)(=O)c1cccc(OC)c1)C(=O)O. The monoisotopic (exact) mass is 287 g/mol. The van der Waals surface area contributed by atoms with E-state index in [0.717, 1.165) is 0 Å². The molecular weight excluding hydrogens is 270 g/mol. The molecule has 106 valence electrons. The first-order valence-corrected chi connectivity index (χ1v) is 7.28. The smallest absolute Gasteiger partial charge is 0.321 e. The third-order valence-corrected chi connectivity index (χ3v) is 3.99. The van der Waals surface area contributed by atoms with Gasteiger partial charge in [-0.3, -0.25) is 4.79 Å². The van der Waals surface area contributed by atoms with Crippen LogP contribution in [0.25, 0.3) is 0 Å². The predicted molar refractivity (Wildman–Crippen MR) is 69.6 cm³/mol. The molecule has 0 saturated heterocycles. The van der Waals surface area contributed by atoms with Crippen molar-refractivity contribution in [3.05, 3.63) is 24.3 Å². The highest BCUT2D eigenvalue weighted by Crippen LogP contribution is 2.17. The summed E-state index contributed by atoms with van der Waals surface area (Å²) in [7, 11) is -2.44. The highest BCUT2D eigenvalue weighted by Gasteiger charge is 2.24. The number of carboxylic acid groups (broad SMARTS) is 1. The summed E-state index contributed by atoms with van der Waals surface area (Å²) in [6.07, 6.45) is 0.802. The van der Waals surface area contributed by atoms with Crippen LogP contribution in [-0.4, -0.2) is 32.6 Å². The van der Waals surface area contributed by atoms with Crippen LogP contribution in [-0.2, 0) is 14.8 Å². The summed E-state index contributed by atoms with van der Waals surface area (Å²) < 4.78 is 31.2. The van der Waals surface area contributed by atoms with Crippen LogP contribution in [0.4, 0.5) is 0 Å². The standard InChI is InChI=1S/C12H17NO5S/c1-3-5-11(12(14)15)13-19(16,17)10-7-4-6-9(8-10)18-2/h4,6-8,11,13H,3,5H2,1-2H3,(H,14,15)/t11-/m0/s1. The van der Waals surface area contributed by atoms with Gasteiger partial charge in [-0.25, -0.2) is 8.42 Å². The van der Waals surface area contributed by atoms with E-state index in [0.29, 0.717) is 12.2 Å². The van der Waals surface area contributed by atoms with Crippen LogP contribution < -0.4 is 9.46 Å². The zero-order chi connectivity index (χ0) is 14.5. The largest absolute Gasteiger partial charge is 0.497 e. The quantitative estimate of drug-likeness (QED) is 0.786. The summed E-state index contributed by atoms with van der Waals surface area (Å²) in [5.41, 5.74) is 0. The minimum atomic E-state index is -3.87. The Labute approximate surface area is 112 Å². The van der Waals surface area contributed by atoms with E-state index < -0.39 is 22.0 Å². The molecule has 1 aromatic carbocycles. The first kappa shape index (κ1) is 15.5. The van der Waals surface area contributed by atoms with Crippen LogP contribution >= 0.6 is 0 Å². The minimum absolute atomic E-state index is 0.0193. The third kappa shape index (κ3) is 4.22. The predicted octanol–water partition coefficient (Wildman–Crippen LogP) is 1.23. The van der Waals surface area contributed by atoms with Gasteiger partial charge < -0.3 is 9.84 Å². The average Bonchev–Trinajstić information content (AvgIpc) is 2.38. The summed E-state index contributed by atoms with van der Waals surface area (Å²) >= 11 is 0. The minimum Gasteiger partial charge on any atom is -0.497 e. The summed E-state index contributed by atoms with van der Waals surface area (Å²) in [6, 6.07) is 4.74. The third-order valence-electron chi connectivity index (χ3n) is 2.52. The number of nitrogens with one attached hydrogen (secondary N) is 1. The lowest BCUT2D eigenvalue weighted by atomic mass is 10.2. The van der Waals surface area contributed by atoms with Crippen LogP contribution in [0.3, 0.4) is 0 Å². The van der Waals surface area contributed by atoms with Gasteiger partial charge in [0.05, 0.1) is 12.0 Å². The van der Waals surface area contributed by atoms with Crippen molar-refractivity contribution in [3.63, 3.8) is 0 Å². The Hall–Kier alpha value is -1.60. The zero-order valence-electron chi connectivity index (χ0n) is 10.8. The van der Waals surface area contributed by atoms with E-state index in [-0.39, 0.29) is 11.3 Å². The number of carboxylic acids is 1. The van der Waals surface area contributed by atoms with Crippen LogP contribution in [0.5, 0.6) is 5.75 Å². The van der Waals surface area contributed by atoms with Crippen molar-refractivity contribution in [2.45, 2.75) is 30.7 Å². The molecule has 0 fully saturated rings. The van der Waals surface area contributed by atoms with Crippen molar-refractivity contribution in [2.75, 3.05) is 7.11 Å². The Morgan fingerprint density at radius 3 is 2.68 bits per heavy atom. The van der Waals surface area contributed by atoms with E-state index in [1.165, 1.54) is 25.3 Å². The maximum Gasteiger partial charge on any atom is 0.321 e. The van der Waals surface area contributed by atoms with Gasteiger partial charge in [0.1, 0.15) is 11.8 Å². The van der Waals surface area contributed by atoms with Gasteiger partial charge in [-0.15, -0.1) is 0 Å². The second-order valence-electron chi connectivity index (χ2n) is 3.98. The van der Waals surface area contributed by atoms with Gasteiger partial charge in [-0.05, 0) is 18.6 Å². The molecule has 1 aromatic rings. The van der Waals surface area contributed by atoms with Crippen LogP contribution in [0.2, 0.25) is 0 Å². The van der Waals surface area contributed by atoms with Gasteiger partial charge in [0.25, 0.3) is 0 Å². The Bertz CT molecular complexity index is 541. The molecule has 2 N–H and O–H groups in total. The van der Waals surface area contributed by atoms with Crippen molar-refractivity contribution in [2.24, 2.45) is 0 Å². The lowest BCUT2D eigenvalue weighted by Crippen LogP contribution is -2.40. The normalized spacial score (nSPS) is 12.9. The van der Waals surface area contributed by atoms with Gasteiger partial charge >= 0.3 is 5.97 Å². The van der Waals surface area contributed by atoms with E-state index in [1.54, 1.807) is 13.0 Å². The summed E-state index contributed by atoms with van der Waals surface area (Å²) in [6.45, 7) is 1.79. The molecule has 0 radical (unpaired) electrons. The highest BCUT2D eigenvalue weighted by atomic mass is 32.2. The number of hydrogen-bond donors (Lipinski definition) is 2. The molecule has 0 aliphatic rings. The van der Waals surface area contributed by atoms with Gasteiger partial charge in [0, 0.05) is 6.07 Å². The molecule has 0 aromatic heterocycles. The number of benzene rings is 1. The number of rotatable bonds is 7. The fraction of sp³-hybridized carbons (Fsp3) is 0.417. The molecule has 0 amide bonds. The molecule has 6 nitrogen and oxygen atoms in total. The fourth-order valence-electron chi connectivity index (χ4n) is 1.55. The van der Waals surface area contributed by atoms with Gasteiger partial charge in [-0.1, -0.05) is 19.4 Å². The number of sulfonamides is 1. The van der Waals surface area contributed by atoms with Crippen molar-refractivity contribution in [3.8, 4) is 5.75 Å². The van der Waals surface area contributed by atoms with E-state index >= 15 is 0 Å². The lowest BCUT2D eigenvalue weighted by molar-refractivity contribution is -0.139. The lowest BCUT2D eigenvalue weighted by Gasteiger charge is -2.14. The highest BCUT2D eigenvalue weighted by molar-refractivity contribution is 7.89. The number of hydrogen-bond acceptors (Lipinski definition) is 4. The zero-order valence-corrected chi connectivity index (χ0v) is 11.6. The van der Waals surface area contributed by atoms with Gasteiger partial charge in [0.2, 0.25) is 10.0 Å². The number of methoxy groups -OCH3 is 1. The summed E-state index contributed by atoms with van der Waals surface area (Å²) in [4.78, 5) is 11.0. The molecule has 1 atom stereocenters. The first-order valence-electron chi connectivity index (χ1n) is 5.80. The number of ether oxygens (including phenoxy) is 1. The molecule has 0 unspecified atom stereocenters. The molecule has 0 bridgehead atoms. The van der Waals surface area contributed by atoms with E-state index in [1.807, 2.05) is 0 Å². The van der Waals surface area contributed by atoms with Gasteiger partial charge in [-0.2, -0.15) is 4.72 Å². The fourth-order valence-corrected chi connectivity index (χ4v) is 2.80. The topological polar surface area (TPSA) is 92.7 Å². The van der Waals surface area contributed by atoms with E-state index in [9.17, 15) is 13.2 Å². The van der Waals surface area contributed by atoms with E-state index in [2.05, 4.69) is 4.72 Å². The molecule has 19 heavy (non-hydrogen) atoms. The molecule has 0 aliphatic carbocycles. The molecule has 0 spiro atoms. The molecule has 7 heteroatoms. The van der Waals surface area contributed by atoms with Crippen molar-refractivity contribution < 1.29 is 23.1 Å². The second kappa shape index (κ2) is 6.53. The number of carbonyl (C=O) groups is 1. The van der Waals surface area contributed by atoms with Crippen LogP contribution in [0.15, 0.2) is 29.2 Å². The van der Waals surface area contributed by atoms with Crippen molar-refractivity contribution >= 4 is 16.0 Å². The Balaban J connectivity index is 2.99. The molecular formula is C12H17NO5S. The van der Waals surface area contributed by atoms with Crippen molar-refractivity contribution in [1.29, 1.82) is 0 Å². The number of aliphatic carboxylic acids is 1. The molecule has 0 heterocycles. The average molecular weight is 287 g/mol. The Morgan fingerprint density at radius 2 is 2.16 bits per heavy atom. The molecule has 1 rings (SSSR count).